The molecule has 1 unspecified atom stereocenters. The van der Waals surface area contributed by atoms with E-state index in [0.29, 0.717) is 0 Å². The maximum atomic E-state index is 11.9. The molecule has 0 radical (unpaired) electrons. The lowest BCUT2D eigenvalue weighted by Crippen LogP contribution is -2.43. The Kier molecular flexibility index (Phi) is 4.40. The topological polar surface area (TPSA) is 55.4 Å². The van der Waals surface area contributed by atoms with Crippen LogP contribution in [0.25, 0.3) is 0 Å². The van der Waals surface area contributed by atoms with E-state index in [0.717, 1.165) is 11.3 Å². The number of ether oxygens (including phenoxy) is 1. The first kappa shape index (κ1) is 15.0. The second-order valence-corrected chi connectivity index (χ2v) is 7.47. The highest BCUT2D eigenvalue weighted by atomic mass is 32.2. The number of sulfone groups is 1. The van der Waals surface area contributed by atoms with Gasteiger partial charge in [-0.3, -0.25) is 0 Å². The molecule has 0 bridgehead atoms. The zero-order valence-corrected chi connectivity index (χ0v) is 12.3. The molecule has 0 aliphatic carbocycles. The Morgan fingerprint density at radius 1 is 1.22 bits per heavy atom. The van der Waals surface area contributed by atoms with Crippen LogP contribution in [0, 0.1) is 0 Å². The first-order chi connectivity index (χ1) is 8.24. The number of rotatable bonds is 5. The molecule has 0 fully saturated rings. The van der Waals surface area contributed by atoms with Gasteiger partial charge in [0.2, 0.25) is 0 Å². The van der Waals surface area contributed by atoms with Gasteiger partial charge in [0.15, 0.2) is 9.84 Å². The molecule has 1 rings (SSSR count). The Hall–Kier alpha value is -1.07. The molecule has 0 spiro atoms. The van der Waals surface area contributed by atoms with Crippen LogP contribution in [0.3, 0.4) is 0 Å². The molecule has 18 heavy (non-hydrogen) atoms. The summed E-state index contributed by atoms with van der Waals surface area (Å²) in [5.41, 5.74) is 0.925. The van der Waals surface area contributed by atoms with Crippen LogP contribution in [0.2, 0.25) is 0 Å². The fourth-order valence-corrected chi connectivity index (χ4v) is 2.61. The summed E-state index contributed by atoms with van der Waals surface area (Å²) in [6.07, 6.45) is 1.26. The van der Waals surface area contributed by atoms with Crippen LogP contribution in [0.15, 0.2) is 24.3 Å². The van der Waals surface area contributed by atoms with Gasteiger partial charge in [0.05, 0.1) is 17.9 Å². The van der Waals surface area contributed by atoms with E-state index in [2.05, 4.69) is 5.32 Å². The van der Waals surface area contributed by atoms with Gasteiger partial charge in [-0.05, 0) is 38.6 Å². The lowest BCUT2D eigenvalue weighted by Gasteiger charge is -2.32. The van der Waals surface area contributed by atoms with Crippen molar-refractivity contribution in [1.82, 2.24) is 5.32 Å². The van der Waals surface area contributed by atoms with E-state index in [9.17, 15) is 8.42 Å². The first-order valence-corrected chi connectivity index (χ1v) is 7.64. The standard InChI is InChI=1S/C13H21NO3S/c1-13(2,18(5,15)16)12(14-3)10-6-8-11(17-4)9-7-10/h6-9,12,14H,1-5H3. The highest BCUT2D eigenvalue weighted by Crippen LogP contribution is 2.32. The van der Waals surface area contributed by atoms with Gasteiger partial charge in [0.25, 0.3) is 0 Å². The summed E-state index contributed by atoms with van der Waals surface area (Å²) in [6, 6.07) is 7.16. The van der Waals surface area contributed by atoms with Crippen molar-refractivity contribution in [3.63, 3.8) is 0 Å². The van der Waals surface area contributed by atoms with E-state index in [4.69, 9.17) is 4.74 Å². The summed E-state index contributed by atoms with van der Waals surface area (Å²) in [4.78, 5) is 0. The van der Waals surface area contributed by atoms with E-state index >= 15 is 0 Å². The Morgan fingerprint density at radius 3 is 2.06 bits per heavy atom. The summed E-state index contributed by atoms with van der Waals surface area (Å²) >= 11 is 0. The molecule has 0 saturated heterocycles. The number of nitrogens with one attached hydrogen (secondary N) is 1. The molecule has 0 heterocycles. The molecule has 0 aliphatic rings. The minimum Gasteiger partial charge on any atom is -0.497 e. The van der Waals surface area contributed by atoms with Crippen LogP contribution in [0.1, 0.15) is 25.5 Å². The Bertz CT molecular complexity index is 491. The fraction of sp³-hybridized carbons (Fsp3) is 0.538. The van der Waals surface area contributed by atoms with E-state index < -0.39 is 14.6 Å². The zero-order chi connectivity index (χ0) is 14.0. The van der Waals surface area contributed by atoms with E-state index in [-0.39, 0.29) is 6.04 Å². The predicted molar refractivity (Wildman–Crippen MR) is 73.7 cm³/mol. The van der Waals surface area contributed by atoms with Crippen LogP contribution in [0.4, 0.5) is 0 Å². The Balaban J connectivity index is 3.17. The number of methoxy groups -OCH3 is 1. The monoisotopic (exact) mass is 271 g/mol. The van der Waals surface area contributed by atoms with E-state index in [1.807, 2.05) is 24.3 Å². The van der Waals surface area contributed by atoms with Gasteiger partial charge in [-0.25, -0.2) is 8.42 Å². The average molecular weight is 271 g/mol. The quantitative estimate of drug-likeness (QED) is 0.887. The summed E-state index contributed by atoms with van der Waals surface area (Å²) in [5.74, 6) is 0.755. The third kappa shape index (κ3) is 2.84. The largest absolute Gasteiger partial charge is 0.497 e. The van der Waals surface area contributed by atoms with Crippen molar-refractivity contribution < 1.29 is 13.2 Å². The van der Waals surface area contributed by atoms with Crippen LogP contribution in [-0.4, -0.2) is 33.6 Å². The lowest BCUT2D eigenvalue weighted by molar-refractivity contribution is 0.413. The molecule has 1 aromatic carbocycles. The van der Waals surface area contributed by atoms with Gasteiger partial charge in [-0.1, -0.05) is 12.1 Å². The van der Waals surface area contributed by atoms with Gasteiger partial charge in [0, 0.05) is 6.26 Å². The molecule has 1 N–H and O–H groups in total. The summed E-state index contributed by atoms with van der Waals surface area (Å²) in [5, 5.41) is 3.08. The third-order valence-corrected chi connectivity index (χ3v) is 5.54. The SMILES string of the molecule is CNC(c1ccc(OC)cc1)C(C)(C)S(C)(=O)=O. The molecular formula is C13H21NO3S. The predicted octanol–water partition coefficient (Wildman–Crippen LogP) is 1.78. The molecule has 0 amide bonds. The van der Waals surface area contributed by atoms with Gasteiger partial charge in [0.1, 0.15) is 5.75 Å². The van der Waals surface area contributed by atoms with Crippen molar-refractivity contribution in [3.05, 3.63) is 29.8 Å². The molecule has 1 aromatic rings. The Morgan fingerprint density at radius 2 is 1.72 bits per heavy atom. The third-order valence-electron chi connectivity index (χ3n) is 3.39. The van der Waals surface area contributed by atoms with Crippen LogP contribution >= 0.6 is 0 Å². The lowest BCUT2D eigenvalue weighted by atomic mass is 9.95. The van der Waals surface area contributed by atoms with Crippen LogP contribution in [0.5, 0.6) is 5.75 Å². The maximum absolute atomic E-state index is 11.9. The van der Waals surface area contributed by atoms with Crippen molar-refractivity contribution in [2.24, 2.45) is 0 Å². The maximum Gasteiger partial charge on any atom is 0.154 e. The highest BCUT2D eigenvalue weighted by Gasteiger charge is 2.39. The summed E-state index contributed by atoms with van der Waals surface area (Å²) < 4.78 is 28.0. The van der Waals surface area contributed by atoms with Crippen molar-refractivity contribution >= 4 is 9.84 Å². The molecular weight excluding hydrogens is 250 g/mol. The molecule has 102 valence electrons. The minimum absolute atomic E-state index is 0.265. The second kappa shape index (κ2) is 5.28. The second-order valence-electron chi connectivity index (χ2n) is 4.87. The van der Waals surface area contributed by atoms with Crippen molar-refractivity contribution in [3.8, 4) is 5.75 Å². The van der Waals surface area contributed by atoms with E-state index in [1.54, 1.807) is 28.0 Å². The average Bonchev–Trinajstić information content (AvgIpc) is 2.29. The highest BCUT2D eigenvalue weighted by molar-refractivity contribution is 7.92. The molecule has 1 atom stereocenters. The Labute approximate surface area is 109 Å². The van der Waals surface area contributed by atoms with Gasteiger partial charge in [-0.15, -0.1) is 0 Å². The number of hydrogen-bond acceptors (Lipinski definition) is 4. The first-order valence-electron chi connectivity index (χ1n) is 5.75. The number of hydrogen-bond donors (Lipinski definition) is 1. The van der Waals surface area contributed by atoms with Gasteiger partial charge >= 0.3 is 0 Å². The molecule has 0 aromatic heterocycles. The number of benzene rings is 1. The molecule has 5 heteroatoms. The fourth-order valence-electron chi connectivity index (χ4n) is 1.93. The van der Waals surface area contributed by atoms with Crippen molar-refractivity contribution in [1.29, 1.82) is 0 Å². The van der Waals surface area contributed by atoms with Crippen LogP contribution in [-0.2, 0) is 9.84 Å². The molecule has 0 aliphatic heterocycles. The van der Waals surface area contributed by atoms with E-state index in [1.165, 1.54) is 6.26 Å². The minimum atomic E-state index is -3.17. The van der Waals surface area contributed by atoms with Crippen LogP contribution < -0.4 is 10.1 Å². The summed E-state index contributed by atoms with van der Waals surface area (Å²) in [6.45, 7) is 3.46. The van der Waals surface area contributed by atoms with Gasteiger partial charge < -0.3 is 10.1 Å². The zero-order valence-electron chi connectivity index (χ0n) is 11.5. The van der Waals surface area contributed by atoms with Gasteiger partial charge in [-0.2, -0.15) is 0 Å². The normalized spacial score (nSPS) is 14.3. The molecule has 0 saturated carbocycles. The summed E-state index contributed by atoms with van der Waals surface area (Å²) in [7, 11) is 0.197. The smallest absolute Gasteiger partial charge is 0.154 e. The molecule has 4 nitrogen and oxygen atoms in total. The van der Waals surface area contributed by atoms with Crippen molar-refractivity contribution in [2.45, 2.75) is 24.6 Å². The van der Waals surface area contributed by atoms with Crippen molar-refractivity contribution in [2.75, 3.05) is 20.4 Å².